The van der Waals surface area contributed by atoms with Gasteiger partial charge >= 0.3 is 0 Å². The fourth-order valence-electron chi connectivity index (χ4n) is 3.20. The van der Waals surface area contributed by atoms with Crippen LogP contribution < -0.4 is 10.4 Å². The average Bonchev–Trinajstić information content (AvgIpc) is 2.96. The highest BCUT2D eigenvalue weighted by Gasteiger charge is 2.44. The number of hydrazine groups is 1. The van der Waals surface area contributed by atoms with Gasteiger partial charge in [-0.15, -0.1) is 12.4 Å². The third kappa shape index (κ3) is 2.66. The molecule has 0 unspecified atom stereocenters. The Bertz CT molecular complexity index is 770. The summed E-state index contributed by atoms with van der Waals surface area (Å²) in [7, 11) is 1.61. The number of nitrogens with zero attached hydrogens (tertiary/aromatic N) is 1. The number of carbonyl (C=O) groups excluding carboxylic acids is 1. The number of aromatic nitrogens is 1. The lowest BCUT2D eigenvalue weighted by Gasteiger charge is -2.44. The summed E-state index contributed by atoms with van der Waals surface area (Å²) in [5, 5.41) is 2.63. The average molecular weight is 350 g/mol. The molecule has 1 fully saturated rings. The van der Waals surface area contributed by atoms with Gasteiger partial charge in [-0.1, -0.05) is 24.3 Å². The lowest BCUT2D eigenvalue weighted by molar-refractivity contribution is -0.194. The summed E-state index contributed by atoms with van der Waals surface area (Å²) in [5.41, 5.74) is 4.42. The highest BCUT2D eigenvalue weighted by atomic mass is 35.5. The quantitative estimate of drug-likeness (QED) is 0.875. The van der Waals surface area contributed by atoms with E-state index in [4.69, 9.17) is 9.47 Å². The number of hydrogen-bond donors (Lipinski definition) is 2. The van der Waals surface area contributed by atoms with Crippen molar-refractivity contribution in [3.8, 4) is 0 Å². The highest BCUT2D eigenvalue weighted by molar-refractivity contribution is 5.97. The van der Waals surface area contributed by atoms with E-state index >= 15 is 0 Å². The summed E-state index contributed by atoms with van der Waals surface area (Å²) in [4.78, 5) is 15.9. The molecule has 0 radical (unpaired) electrons. The number of methoxy groups -OCH3 is 1. The maximum atomic E-state index is 12.6. The molecule has 0 aliphatic carbocycles. The second-order valence-electron chi connectivity index (χ2n) is 6.13. The van der Waals surface area contributed by atoms with Crippen LogP contribution in [0.2, 0.25) is 0 Å². The number of para-hydroxylation sites is 1. The lowest BCUT2D eigenvalue weighted by Crippen LogP contribution is -2.59. The van der Waals surface area contributed by atoms with Crippen LogP contribution >= 0.6 is 12.4 Å². The van der Waals surface area contributed by atoms with Gasteiger partial charge in [-0.25, -0.2) is 5.01 Å². The SMILES string of the molecule is CO[C@@H]1CC=C2NN(c3cc4ccccc4[nH]3)C(=O)C[C@]2(C)O1.Cl. The molecule has 128 valence electrons. The Morgan fingerprint density at radius 3 is 2.92 bits per heavy atom. The molecular weight excluding hydrogens is 330 g/mol. The van der Waals surface area contributed by atoms with Gasteiger partial charge in [0, 0.05) is 24.4 Å². The van der Waals surface area contributed by atoms with Crippen molar-refractivity contribution in [2.45, 2.75) is 31.7 Å². The molecule has 0 bridgehead atoms. The Morgan fingerprint density at radius 1 is 1.38 bits per heavy atom. The summed E-state index contributed by atoms with van der Waals surface area (Å²) >= 11 is 0. The minimum absolute atomic E-state index is 0. The van der Waals surface area contributed by atoms with Crippen LogP contribution in [-0.4, -0.2) is 29.9 Å². The van der Waals surface area contributed by atoms with Gasteiger partial charge in [-0.3, -0.25) is 10.2 Å². The first-order valence-corrected chi connectivity index (χ1v) is 7.68. The van der Waals surface area contributed by atoms with Crippen molar-refractivity contribution in [1.29, 1.82) is 0 Å². The number of anilines is 1. The molecule has 1 aromatic heterocycles. The van der Waals surface area contributed by atoms with Crippen LogP contribution in [-0.2, 0) is 14.3 Å². The van der Waals surface area contributed by atoms with Crippen LogP contribution in [0.15, 0.2) is 42.1 Å². The number of fused-ring (bicyclic) bond motifs is 2. The van der Waals surface area contributed by atoms with Crippen molar-refractivity contribution in [3.05, 3.63) is 42.1 Å². The Kier molecular flexibility index (Phi) is 4.29. The number of benzene rings is 1. The standard InChI is InChI=1S/C17H19N3O3.ClH/c1-17-10-15(21)20(19-13(17)7-8-16(22-2)23-17)14-9-11-5-3-4-6-12(11)18-14;/h3-7,9,16,18-19H,8,10H2,1-2H3;1H/t16-,17-;/m0./s1. The van der Waals surface area contributed by atoms with Crippen LogP contribution in [0, 0.1) is 0 Å². The van der Waals surface area contributed by atoms with Crippen molar-refractivity contribution in [2.24, 2.45) is 0 Å². The van der Waals surface area contributed by atoms with Crippen LogP contribution in [0.3, 0.4) is 0 Å². The molecule has 0 spiro atoms. The molecule has 7 heteroatoms. The molecule has 2 aromatic rings. The van der Waals surface area contributed by atoms with Crippen LogP contribution in [0.5, 0.6) is 0 Å². The maximum Gasteiger partial charge on any atom is 0.250 e. The first-order valence-electron chi connectivity index (χ1n) is 7.68. The van der Waals surface area contributed by atoms with Gasteiger partial charge in [0.25, 0.3) is 0 Å². The Hall–Kier alpha value is -2.02. The third-order valence-electron chi connectivity index (χ3n) is 4.47. The number of ether oxygens (including phenoxy) is 2. The topological polar surface area (TPSA) is 66.6 Å². The first kappa shape index (κ1) is 16.8. The van der Waals surface area contributed by atoms with Gasteiger partial charge in [0.1, 0.15) is 11.4 Å². The van der Waals surface area contributed by atoms with E-state index in [-0.39, 0.29) is 31.0 Å². The summed E-state index contributed by atoms with van der Waals surface area (Å²) in [5.74, 6) is 0.681. The van der Waals surface area contributed by atoms with Crippen molar-refractivity contribution >= 4 is 35.0 Å². The number of halogens is 1. The molecule has 6 nitrogen and oxygen atoms in total. The van der Waals surface area contributed by atoms with Crippen molar-refractivity contribution in [2.75, 3.05) is 12.1 Å². The van der Waals surface area contributed by atoms with Gasteiger partial charge in [0.15, 0.2) is 6.29 Å². The predicted molar refractivity (Wildman–Crippen MR) is 93.8 cm³/mol. The van der Waals surface area contributed by atoms with Gasteiger partial charge < -0.3 is 14.5 Å². The molecule has 2 atom stereocenters. The van der Waals surface area contributed by atoms with E-state index in [1.807, 2.05) is 43.3 Å². The molecule has 24 heavy (non-hydrogen) atoms. The number of amides is 1. The zero-order valence-corrected chi connectivity index (χ0v) is 14.4. The summed E-state index contributed by atoms with van der Waals surface area (Å²) in [6, 6.07) is 9.91. The second-order valence-corrected chi connectivity index (χ2v) is 6.13. The molecule has 1 aromatic carbocycles. The van der Waals surface area contributed by atoms with E-state index in [2.05, 4.69) is 10.4 Å². The fourth-order valence-corrected chi connectivity index (χ4v) is 3.20. The first-order chi connectivity index (χ1) is 11.1. The minimum atomic E-state index is -0.668. The highest BCUT2D eigenvalue weighted by Crippen LogP contribution is 2.36. The Labute approximate surface area is 146 Å². The molecule has 3 heterocycles. The molecule has 2 aliphatic rings. The summed E-state index contributed by atoms with van der Waals surface area (Å²) < 4.78 is 11.2. The fraction of sp³-hybridized carbons (Fsp3) is 0.353. The maximum absolute atomic E-state index is 12.6. The van der Waals surface area contributed by atoms with E-state index in [1.54, 1.807) is 12.1 Å². The monoisotopic (exact) mass is 349 g/mol. The number of H-pyrrole nitrogens is 1. The zero-order valence-electron chi connectivity index (χ0n) is 13.5. The van der Waals surface area contributed by atoms with Gasteiger partial charge in [0.2, 0.25) is 5.91 Å². The van der Waals surface area contributed by atoms with E-state index in [0.717, 1.165) is 22.4 Å². The van der Waals surface area contributed by atoms with Gasteiger partial charge in [0.05, 0.1) is 12.1 Å². The normalized spacial score (nSPS) is 26.4. The molecular formula is C17H20ClN3O3. The van der Waals surface area contributed by atoms with E-state index in [0.29, 0.717) is 6.42 Å². The van der Waals surface area contributed by atoms with Gasteiger partial charge in [-0.05, 0) is 19.1 Å². The van der Waals surface area contributed by atoms with Crippen LogP contribution in [0.4, 0.5) is 5.82 Å². The number of nitrogens with one attached hydrogen (secondary N) is 2. The number of aromatic amines is 1. The molecule has 1 saturated heterocycles. The zero-order chi connectivity index (χ0) is 16.0. The minimum Gasteiger partial charge on any atom is -0.356 e. The van der Waals surface area contributed by atoms with Crippen LogP contribution in [0.1, 0.15) is 19.8 Å². The largest absolute Gasteiger partial charge is 0.356 e. The number of hydrogen-bond acceptors (Lipinski definition) is 4. The number of rotatable bonds is 2. The van der Waals surface area contributed by atoms with E-state index < -0.39 is 5.60 Å². The Morgan fingerprint density at radius 2 is 2.17 bits per heavy atom. The summed E-state index contributed by atoms with van der Waals surface area (Å²) in [6.45, 7) is 1.91. The predicted octanol–water partition coefficient (Wildman–Crippen LogP) is 2.87. The van der Waals surface area contributed by atoms with Crippen molar-refractivity contribution in [3.63, 3.8) is 0 Å². The smallest absolute Gasteiger partial charge is 0.250 e. The van der Waals surface area contributed by atoms with Crippen molar-refractivity contribution in [1.82, 2.24) is 10.4 Å². The third-order valence-corrected chi connectivity index (χ3v) is 4.47. The number of carbonyl (C=O) groups is 1. The molecule has 2 N–H and O–H groups in total. The van der Waals surface area contributed by atoms with Gasteiger partial charge in [-0.2, -0.15) is 0 Å². The lowest BCUT2D eigenvalue weighted by atomic mass is 9.92. The van der Waals surface area contributed by atoms with E-state index in [9.17, 15) is 4.79 Å². The molecule has 2 aliphatic heterocycles. The molecule has 4 rings (SSSR count). The van der Waals surface area contributed by atoms with Crippen LogP contribution in [0.25, 0.3) is 10.9 Å². The molecule has 1 amide bonds. The Balaban J connectivity index is 0.00000169. The second kappa shape index (κ2) is 6.12. The summed E-state index contributed by atoms with van der Waals surface area (Å²) in [6.07, 6.45) is 2.65. The van der Waals surface area contributed by atoms with E-state index in [1.165, 1.54) is 0 Å². The van der Waals surface area contributed by atoms with Crippen molar-refractivity contribution < 1.29 is 14.3 Å². The molecule has 0 saturated carbocycles.